The maximum absolute atomic E-state index is 12.8. The van der Waals surface area contributed by atoms with Crippen LogP contribution in [0.4, 0.5) is 19.4 Å². The van der Waals surface area contributed by atoms with Gasteiger partial charge in [-0.1, -0.05) is 0 Å². The fourth-order valence-electron chi connectivity index (χ4n) is 4.43. The van der Waals surface area contributed by atoms with Crippen molar-refractivity contribution in [2.24, 2.45) is 0 Å². The Hall–Kier alpha value is -2.27. The number of nitrogens with zero attached hydrogens (tertiary/aromatic N) is 5. The molecule has 1 aromatic heterocycles. The minimum absolute atomic E-state index is 0.0562. The van der Waals surface area contributed by atoms with Crippen LogP contribution in [0.25, 0.3) is 0 Å². The van der Waals surface area contributed by atoms with Crippen LogP contribution in [0.3, 0.4) is 0 Å². The fourth-order valence-corrected chi connectivity index (χ4v) is 4.43. The molecule has 3 aliphatic rings. The first-order valence-electron chi connectivity index (χ1n) is 10.5. The van der Waals surface area contributed by atoms with Gasteiger partial charge in [0, 0.05) is 44.3 Å². The summed E-state index contributed by atoms with van der Waals surface area (Å²) in [5.74, 6) is 0.803. The maximum Gasteiger partial charge on any atom is 0.407 e. The molecule has 9 nitrogen and oxygen atoms in total. The Morgan fingerprint density at radius 2 is 2.03 bits per heavy atom. The number of alkyl halides is 2. The molecule has 1 amide bonds. The highest BCUT2D eigenvalue weighted by Crippen LogP contribution is 2.28. The first kappa shape index (κ1) is 21.0. The number of piperazine rings is 1. The molecule has 30 heavy (non-hydrogen) atoms. The molecule has 0 aliphatic carbocycles. The van der Waals surface area contributed by atoms with Gasteiger partial charge in [-0.05, 0) is 32.4 Å². The zero-order valence-corrected chi connectivity index (χ0v) is 16.9. The van der Waals surface area contributed by atoms with E-state index in [0.717, 1.165) is 42.9 Å². The van der Waals surface area contributed by atoms with E-state index in [2.05, 4.69) is 20.2 Å². The minimum atomic E-state index is -2.35. The molecule has 0 aromatic carbocycles. The van der Waals surface area contributed by atoms with Crippen LogP contribution in [0.5, 0.6) is 6.01 Å². The number of carbonyl (C=O) groups is 1. The molecule has 0 spiro atoms. The van der Waals surface area contributed by atoms with E-state index in [9.17, 15) is 18.7 Å². The number of carboxylic acid groups (broad SMARTS) is 1. The van der Waals surface area contributed by atoms with Crippen LogP contribution in [0.15, 0.2) is 0 Å². The van der Waals surface area contributed by atoms with Crippen molar-refractivity contribution in [3.63, 3.8) is 0 Å². The van der Waals surface area contributed by atoms with Gasteiger partial charge in [0.25, 0.3) is 6.43 Å². The van der Waals surface area contributed by atoms with Crippen LogP contribution in [-0.4, -0.2) is 95.9 Å². The Morgan fingerprint density at radius 3 is 2.77 bits per heavy atom. The van der Waals surface area contributed by atoms with Gasteiger partial charge in [-0.15, -0.1) is 0 Å². The first-order chi connectivity index (χ1) is 14.5. The SMILES string of the molecule is O=C(O)N1CCN(c2nc(OCC3CCCN3CC(F)F)nc3c2CCNC3)CC1. The molecule has 166 valence electrons. The summed E-state index contributed by atoms with van der Waals surface area (Å²) >= 11 is 0. The number of fused-ring (bicyclic) bond motifs is 1. The van der Waals surface area contributed by atoms with Gasteiger partial charge in [0.15, 0.2) is 0 Å². The second kappa shape index (κ2) is 9.25. The predicted octanol–water partition coefficient (Wildman–Crippen LogP) is 1.03. The largest absolute Gasteiger partial charge is 0.465 e. The van der Waals surface area contributed by atoms with E-state index in [1.807, 2.05) is 0 Å². The summed E-state index contributed by atoms with van der Waals surface area (Å²) in [6.07, 6.45) is -0.752. The van der Waals surface area contributed by atoms with E-state index in [1.54, 1.807) is 4.90 Å². The molecule has 4 rings (SSSR count). The number of anilines is 1. The fraction of sp³-hybridized carbons (Fsp3) is 0.737. The molecule has 2 saturated heterocycles. The molecule has 2 N–H and O–H groups in total. The van der Waals surface area contributed by atoms with Gasteiger partial charge in [0.05, 0.1) is 12.2 Å². The van der Waals surface area contributed by atoms with Gasteiger partial charge in [0.1, 0.15) is 12.4 Å². The number of nitrogens with one attached hydrogen (secondary N) is 1. The number of hydrogen-bond acceptors (Lipinski definition) is 7. The van der Waals surface area contributed by atoms with E-state index >= 15 is 0 Å². The van der Waals surface area contributed by atoms with Crippen molar-refractivity contribution in [3.05, 3.63) is 11.3 Å². The molecule has 11 heteroatoms. The van der Waals surface area contributed by atoms with E-state index < -0.39 is 12.5 Å². The van der Waals surface area contributed by atoms with Crippen molar-refractivity contribution in [2.75, 3.05) is 57.3 Å². The third-order valence-corrected chi connectivity index (χ3v) is 6.02. The number of amides is 1. The van der Waals surface area contributed by atoms with Crippen molar-refractivity contribution < 1.29 is 23.4 Å². The highest BCUT2D eigenvalue weighted by atomic mass is 19.3. The van der Waals surface area contributed by atoms with Crippen LogP contribution in [-0.2, 0) is 13.0 Å². The maximum atomic E-state index is 12.8. The molecule has 1 aromatic rings. The first-order valence-corrected chi connectivity index (χ1v) is 10.5. The van der Waals surface area contributed by atoms with Crippen LogP contribution in [0.2, 0.25) is 0 Å². The smallest absolute Gasteiger partial charge is 0.407 e. The molecule has 0 saturated carbocycles. The standard InChI is InChI=1S/C19H28F2N6O3/c20-16(21)11-27-5-1-2-13(27)12-30-18-23-15-10-22-4-3-14(15)17(24-18)25-6-8-26(9-7-25)19(28)29/h13,16,22H,1-12H2,(H,28,29). The highest BCUT2D eigenvalue weighted by Gasteiger charge is 2.29. The molecule has 1 unspecified atom stereocenters. The van der Waals surface area contributed by atoms with Crippen molar-refractivity contribution >= 4 is 11.9 Å². The van der Waals surface area contributed by atoms with Gasteiger partial charge in [-0.3, -0.25) is 4.90 Å². The van der Waals surface area contributed by atoms with Crippen molar-refractivity contribution in [1.82, 2.24) is 25.1 Å². The summed E-state index contributed by atoms with van der Waals surface area (Å²) in [6, 6.07) is 0.205. The van der Waals surface area contributed by atoms with E-state index in [-0.39, 0.29) is 25.2 Å². The third kappa shape index (κ3) is 4.72. The lowest BCUT2D eigenvalue weighted by molar-refractivity contribution is 0.0683. The average Bonchev–Trinajstić information content (AvgIpc) is 3.18. The quantitative estimate of drug-likeness (QED) is 0.697. The molecular weight excluding hydrogens is 398 g/mol. The minimum Gasteiger partial charge on any atom is -0.465 e. The van der Waals surface area contributed by atoms with Gasteiger partial charge >= 0.3 is 12.1 Å². The lowest BCUT2D eigenvalue weighted by Gasteiger charge is -2.35. The molecule has 3 aliphatic heterocycles. The second-order valence-electron chi connectivity index (χ2n) is 7.93. The highest BCUT2D eigenvalue weighted by molar-refractivity contribution is 5.65. The Labute approximate surface area is 174 Å². The van der Waals surface area contributed by atoms with Crippen molar-refractivity contribution in [2.45, 2.75) is 38.3 Å². The third-order valence-electron chi connectivity index (χ3n) is 6.02. The molecular formula is C19H28F2N6O3. The van der Waals surface area contributed by atoms with Crippen LogP contribution in [0, 0.1) is 0 Å². The van der Waals surface area contributed by atoms with Crippen molar-refractivity contribution in [1.29, 1.82) is 0 Å². The zero-order valence-electron chi connectivity index (χ0n) is 16.9. The average molecular weight is 426 g/mol. The Balaban J connectivity index is 1.48. The molecule has 4 heterocycles. The van der Waals surface area contributed by atoms with Gasteiger partial charge in [-0.2, -0.15) is 9.97 Å². The van der Waals surface area contributed by atoms with Crippen LogP contribution >= 0.6 is 0 Å². The summed E-state index contributed by atoms with van der Waals surface area (Å²) in [7, 11) is 0. The summed E-state index contributed by atoms with van der Waals surface area (Å²) < 4.78 is 31.5. The van der Waals surface area contributed by atoms with E-state index in [4.69, 9.17) is 4.74 Å². The Morgan fingerprint density at radius 1 is 1.23 bits per heavy atom. The van der Waals surface area contributed by atoms with Gasteiger partial charge in [0.2, 0.25) is 0 Å². The summed E-state index contributed by atoms with van der Waals surface area (Å²) in [5, 5.41) is 12.5. The summed E-state index contributed by atoms with van der Waals surface area (Å²) in [5.41, 5.74) is 1.96. The number of ether oxygens (including phenoxy) is 1. The molecule has 0 bridgehead atoms. The molecule has 0 radical (unpaired) electrons. The number of aromatic nitrogens is 2. The van der Waals surface area contributed by atoms with Crippen LogP contribution in [0.1, 0.15) is 24.1 Å². The lowest BCUT2D eigenvalue weighted by atomic mass is 10.1. The lowest BCUT2D eigenvalue weighted by Crippen LogP contribution is -2.49. The predicted molar refractivity (Wildman–Crippen MR) is 105 cm³/mol. The summed E-state index contributed by atoms with van der Waals surface area (Å²) in [6.45, 7) is 4.14. The van der Waals surface area contributed by atoms with Gasteiger partial charge < -0.3 is 25.0 Å². The Bertz CT molecular complexity index is 760. The normalized spacial score (nSPS) is 22.4. The zero-order chi connectivity index (χ0) is 21.1. The number of rotatable bonds is 6. The Kier molecular flexibility index (Phi) is 6.47. The number of halogens is 2. The van der Waals surface area contributed by atoms with Crippen molar-refractivity contribution in [3.8, 4) is 6.01 Å². The van der Waals surface area contributed by atoms with E-state index in [1.165, 1.54) is 4.90 Å². The monoisotopic (exact) mass is 426 g/mol. The topological polar surface area (TPSA) is 94.1 Å². The summed E-state index contributed by atoms with van der Waals surface area (Å²) in [4.78, 5) is 25.7. The van der Waals surface area contributed by atoms with E-state index in [0.29, 0.717) is 39.3 Å². The molecule has 1 atom stereocenters. The second-order valence-corrected chi connectivity index (χ2v) is 7.93. The molecule has 2 fully saturated rings. The van der Waals surface area contributed by atoms with Gasteiger partial charge in [-0.25, -0.2) is 13.6 Å². The van der Waals surface area contributed by atoms with Crippen LogP contribution < -0.4 is 15.0 Å². The number of hydrogen-bond donors (Lipinski definition) is 2. The number of likely N-dealkylation sites (tertiary alicyclic amines) is 1.